The van der Waals surface area contributed by atoms with Crippen molar-refractivity contribution in [1.29, 1.82) is 0 Å². The van der Waals surface area contributed by atoms with Crippen LogP contribution >= 0.6 is 0 Å². The van der Waals surface area contributed by atoms with E-state index >= 15 is 0 Å². The van der Waals surface area contributed by atoms with Crippen LogP contribution in [0.4, 0.5) is 5.69 Å². The van der Waals surface area contributed by atoms with E-state index in [1.165, 1.54) is 0 Å². The fraction of sp³-hybridized carbons (Fsp3) is 0.250. The number of para-hydroxylation sites is 1. The Balaban J connectivity index is 1.31. The average Bonchev–Trinajstić information content (AvgIpc) is 3.25. The summed E-state index contributed by atoms with van der Waals surface area (Å²) in [6.45, 7) is 1.48. The summed E-state index contributed by atoms with van der Waals surface area (Å²) in [4.78, 5) is 39.9. The molecule has 3 aromatic carbocycles. The molecule has 0 saturated carbocycles. The molecule has 6 heteroatoms. The smallest absolute Gasteiger partial charge is 0.253 e. The molecule has 1 saturated heterocycles. The Kier molecular flexibility index (Phi) is 7.71. The van der Waals surface area contributed by atoms with Crippen LogP contribution in [0.3, 0.4) is 0 Å². The molecule has 34 heavy (non-hydrogen) atoms. The van der Waals surface area contributed by atoms with Gasteiger partial charge in [0.1, 0.15) is 0 Å². The molecule has 0 aliphatic carbocycles. The minimum Gasteiger partial charge on any atom is -0.352 e. The fourth-order valence-electron chi connectivity index (χ4n) is 4.16. The number of likely N-dealkylation sites (tertiary alicyclic amines) is 1. The van der Waals surface area contributed by atoms with E-state index in [0.717, 1.165) is 24.0 Å². The Morgan fingerprint density at radius 3 is 2.15 bits per heavy atom. The zero-order chi connectivity index (χ0) is 23.8. The second kappa shape index (κ2) is 11.3. The van der Waals surface area contributed by atoms with E-state index in [1.54, 1.807) is 29.2 Å². The van der Waals surface area contributed by atoms with Crippen molar-refractivity contribution in [3.8, 4) is 0 Å². The van der Waals surface area contributed by atoms with Crippen LogP contribution in [0.15, 0.2) is 84.9 Å². The third kappa shape index (κ3) is 6.10. The molecule has 1 fully saturated rings. The van der Waals surface area contributed by atoms with Crippen molar-refractivity contribution in [2.45, 2.75) is 19.3 Å². The molecule has 1 heterocycles. The molecule has 0 aromatic heterocycles. The van der Waals surface area contributed by atoms with Gasteiger partial charge in [-0.3, -0.25) is 14.4 Å². The van der Waals surface area contributed by atoms with Crippen molar-refractivity contribution >= 4 is 23.4 Å². The van der Waals surface area contributed by atoms with Crippen LogP contribution < -0.4 is 10.6 Å². The lowest BCUT2D eigenvalue weighted by atomic mass is 10.1. The lowest BCUT2D eigenvalue weighted by Gasteiger charge is -2.17. The molecule has 3 amide bonds. The summed E-state index contributed by atoms with van der Waals surface area (Å²) in [7, 11) is 0. The number of carbonyl (C=O) groups excluding carboxylic acids is 3. The van der Waals surface area contributed by atoms with Crippen molar-refractivity contribution in [2.24, 2.45) is 5.92 Å². The minimum atomic E-state index is -0.433. The predicted molar refractivity (Wildman–Crippen MR) is 132 cm³/mol. The Morgan fingerprint density at radius 2 is 1.44 bits per heavy atom. The highest BCUT2D eigenvalue weighted by atomic mass is 16.2. The van der Waals surface area contributed by atoms with E-state index in [2.05, 4.69) is 10.6 Å². The molecule has 1 aliphatic heterocycles. The highest BCUT2D eigenvalue weighted by Gasteiger charge is 2.34. The SMILES string of the molecule is O=C(NCCc1ccccc1)c1ccccc1NC(=O)C1CC(=O)N(CCc2ccccc2)C1. The second-order valence-electron chi connectivity index (χ2n) is 8.50. The topological polar surface area (TPSA) is 78.5 Å². The highest BCUT2D eigenvalue weighted by Crippen LogP contribution is 2.22. The molecular formula is C28H29N3O3. The maximum Gasteiger partial charge on any atom is 0.253 e. The number of benzene rings is 3. The number of rotatable bonds is 9. The Labute approximate surface area is 200 Å². The minimum absolute atomic E-state index is 0.0111. The zero-order valence-electron chi connectivity index (χ0n) is 19.1. The third-order valence-electron chi connectivity index (χ3n) is 6.07. The summed E-state index contributed by atoms with van der Waals surface area (Å²) < 4.78 is 0. The molecule has 0 spiro atoms. The van der Waals surface area contributed by atoms with Gasteiger partial charge in [0.2, 0.25) is 11.8 Å². The van der Waals surface area contributed by atoms with Gasteiger partial charge in [0.25, 0.3) is 5.91 Å². The van der Waals surface area contributed by atoms with Gasteiger partial charge in [0.05, 0.1) is 17.2 Å². The van der Waals surface area contributed by atoms with Crippen molar-refractivity contribution in [3.05, 3.63) is 102 Å². The van der Waals surface area contributed by atoms with Gasteiger partial charge in [-0.2, -0.15) is 0 Å². The molecule has 0 bridgehead atoms. The van der Waals surface area contributed by atoms with E-state index in [0.29, 0.717) is 30.9 Å². The summed E-state index contributed by atoms with van der Waals surface area (Å²) in [6.07, 6.45) is 1.67. The van der Waals surface area contributed by atoms with Gasteiger partial charge in [-0.25, -0.2) is 0 Å². The molecule has 6 nitrogen and oxygen atoms in total. The number of hydrogen-bond acceptors (Lipinski definition) is 3. The Morgan fingerprint density at radius 1 is 0.824 bits per heavy atom. The molecule has 174 valence electrons. The van der Waals surface area contributed by atoms with Crippen molar-refractivity contribution in [3.63, 3.8) is 0 Å². The molecular weight excluding hydrogens is 426 g/mol. The summed E-state index contributed by atoms with van der Waals surface area (Å²) in [5.41, 5.74) is 3.18. The van der Waals surface area contributed by atoms with Crippen LogP contribution in [0.5, 0.6) is 0 Å². The standard InChI is InChI=1S/C28H29N3O3/c32-26-19-23(20-31(26)18-16-22-11-5-2-6-12-22)27(33)30-25-14-8-7-13-24(25)28(34)29-17-15-21-9-3-1-4-10-21/h1-14,23H,15-20H2,(H,29,34)(H,30,33). The summed E-state index contributed by atoms with van der Waals surface area (Å²) in [5, 5.41) is 5.80. The molecule has 3 aromatic rings. The molecule has 1 aliphatic rings. The molecule has 4 rings (SSSR count). The van der Waals surface area contributed by atoms with Crippen LogP contribution in [0.25, 0.3) is 0 Å². The molecule has 1 unspecified atom stereocenters. The van der Waals surface area contributed by atoms with Crippen LogP contribution in [-0.2, 0) is 22.4 Å². The lowest BCUT2D eigenvalue weighted by Crippen LogP contribution is -2.31. The summed E-state index contributed by atoms with van der Waals surface area (Å²) in [5.74, 6) is -0.917. The Bertz CT molecular complexity index is 1130. The van der Waals surface area contributed by atoms with E-state index in [4.69, 9.17) is 0 Å². The van der Waals surface area contributed by atoms with E-state index in [-0.39, 0.29) is 24.1 Å². The second-order valence-corrected chi connectivity index (χ2v) is 8.50. The number of hydrogen-bond donors (Lipinski definition) is 2. The van der Waals surface area contributed by atoms with E-state index < -0.39 is 5.92 Å². The largest absolute Gasteiger partial charge is 0.352 e. The van der Waals surface area contributed by atoms with Gasteiger partial charge in [0, 0.05) is 26.1 Å². The van der Waals surface area contributed by atoms with Crippen LogP contribution in [0, 0.1) is 5.92 Å². The monoisotopic (exact) mass is 455 g/mol. The molecule has 1 atom stereocenters. The first-order valence-corrected chi connectivity index (χ1v) is 11.6. The van der Waals surface area contributed by atoms with Crippen LogP contribution in [0.2, 0.25) is 0 Å². The number of nitrogens with zero attached hydrogens (tertiary/aromatic N) is 1. The van der Waals surface area contributed by atoms with Gasteiger partial charge in [-0.1, -0.05) is 72.8 Å². The normalized spacial score (nSPS) is 15.2. The lowest BCUT2D eigenvalue weighted by molar-refractivity contribution is -0.128. The summed E-state index contributed by atoms with van der Waals surface area (Å²) in [6, 6.07) is 26.9. The Hall–Kier alpha value is -3.93. The van der Waals surface area contributed by atoms with E-state index in [1.807, 2.05) is 60.7 Å². The van der Waals surface area contributed by atoms with Crippen molar-refractivity contribution in [2.75, 3.05) is 25.0 Å². The average molecular weight is 456 g/mol. The van der Waals surface area contributed by atoms with E-state index in [9.17, 15) is 14.4 Å². The van der Waals surface area contributed by atoms with Crippen LogP contribution in [0.1, 0.15) is 27.9 Å². The van der Waals surface area contributed by atoms with Crippen molar-refractivity contribution < 1.29 is 14.4 Å². The first-order valence-electron chi connectivity index (χ1n) is 11.6. The van der Waals surface area contributed by atoms with Crippen LogP contribution in [-0.4, -0.2) is 42.3 Å². The summed E-state index contributed by atoms with van der Waals surface area (Å²) >= 11 is 0. The van der Waals surface area contributed by atoms with Gasteiger partial charge in [-0.15, -0.1) is 0 Å². The first kappa shape index (κ1) is 23.2. The molecule has 2 N–H and O–H groups in total. The maximum atomic E-state index is 12.9. The fourth-order valence-corrected chi connectivity index (χ4v) is 4.16. The highest BCUT2D eigenvalue weighted by molar-refractivity contribution is 6.05. The van der Waals surface area contributed by atoms with Gasteiger partial charge >= 0.3 is 0 Å². The number of nitrogens with one attached hydrogen (secondary N) is 2. The van der Waals surface area contributed by atoms with Gasteiger partial charge in [0.15, 0.2) is 0 Å². The number of amides is 3. The zero-order valence-corrected chi connectivity index (χ0v) is 19.1. The van der Waals surface area contributed by atoms with Crippen molar-refractivity contribution in [1.82, 2.24) is 10.2 Å². The van der Waals surface area contributed by atoms with Gasteiger partial charge in [-0.05, 0) is 36.1 Å². The number of carbonyl (C=O) groups is 3. The first-order chi connectivity index (χ1) is 16.6. The number of anilines is 1. The quantitative estimate of drug-likeness (QED) is 0.517. The van der Waals surface area contributed by atoms with Gasteiger partial charge < -0.3 is 15.5 Å². The maximum absolute atomic E-state index is 12.9. The molecule has 0 radical (unpaired) electrons. The third-order valence-corrected chi connectivity index (χ3v) is 6.07. The predicted octanol–water partition coefficient (Wildman–Crippen LogP) is 3.69.